The highest BCUT2D eigenvalue weighted by atomic mass is 15.1. The van der Waals surface area contributed by atoms with Gasteiger partial charge in [-0.05, 0) is 39.0 Å². The number of hydrogen-bond acceptors (Lipinski definition) is 1. The van der Waals surface area contributed by atoms with Crippen LogP contribution in [0.1, 0.15) is 36.7 Å². The molecule has 0 atom stereocenters. The second-order valence-electron chi connectivity index (χ2n) is 7.88. The standard InChI is InChI=1S/C25H26N4/c1-17(2)28-13-12-27(5)25(28)22-14-20(16-26)15-24(19(22)4)29-18(3)10-11-21-8-6-7-9-23(21)29/h6-15,17H,1-5H3/q+2. The predicted molar refractivity (Wildman–Crippen MR) is 115 cm³/mol. The molecule has 29 heavy (non-hydrogen) atoms. The molecule has 2 heterocycles. The van der Waals surface area contributed by atoms with Gasteiger partial charge in [0.05, 0.1) is 30.3 Å². The van der Waals surface area contributed by atoms with Gasteiger partial charge in [-0.25, -0.2) is 9.13 Å². The van der Waals surface area contributed by atoms with E-state index < -0.39 is 0 Å². The van der Waals surface area contributed by atoms with Crippen LogP contribution < -0.4 is 9.13 Å². The van der Waals surface area contributed by atoms with Gasteiger partial charge in [0.1, 0.15) is 12.4 Å². The summed E-state index contributed by atoms with van der Waals surface area (Å²) in [6.45, 7) is 8.62. The van der Waals surface area contributed by atoms with Crippen molar-refractivity contribution >= 4 is 10.9 Å². The minimum absolute atomic E-state index is 0.326. The van der Waals surface area contributed by atoms with Crippen molar-refractivity contribution in [3.8, 4) is 23.1 Å². The summed E-state index contributed by atoms with van der Waals surface area (Å²) in [5, 5.41) is 11.0. The average Bonchev–Trinajstić information content (AvgIpc) is 3.10. The topological polar surface area (TPSA) is 36.5 Å². The van der Waals surface area contributed by atoms with E-state index >= 15 is 0 Å². The van der Waals surface area contributed by atoms with Crippen LogP contribution in [0.5, 0.6) is 0 Å². The Morgan fingerprint density at radius 3 is 2.52 bits per heavy atom. The molecule has 0 unspecified atom stereocenters. The normalized spacial score (nSPS) is 11.2. The van der Waals surface area contributed by atoms with Crippen LogP contribution in [0.2, 0.25) is 0 Å². The Hall–Kier alpha value is -3.45. The maximum absolute atomic E-state index is 9.78. The smallest absolute Gasteiger partial charge is 0.233 e. The summed E-state index contributed by atoms with van der Waals surface area (Å²) >= 11 is 0. The van der Waals surface area contributed by atoms with Gasteiger partial charge >= 0.3 is 0 Å². The van der Waals surface area contributed by atoms with Crippen molar-refractivity contribution in [1.29, 1.82) is 5.26 Å². The van der Waals surface area contributed by atoms with Crippen LogP contribution in [0, 0.1) is 25.2 Å². The lowest BCUT2D eigenvalue weighted by Gasteiger charge is -2.12. The number of hydrogen-bond donors (Lipinski definition) is 0. The van der Waals surface area contributed by atoms with Crippen LogP contribution in [0.15, 0.2) is 60.9 Å². The molecule has 0 saturated heterocycles. The molecule has 4 nitrogen and oxygen atoms in total. The van der Waals surface area contributed by atoms with Gasteiger partial charge in [0.15, 0.2) is 5.69 Å². The number of para-hydroxylation sites is 1. The third kappa shape index (κ3) is 3.09. The summed E-state index contributed by atoms with van der Waals surface area (Å²) < 4.78 is 6.65. The lowest BCUT2D eigenvalue weighted by Crippen LogP contribution is -2.37. The zero-order valence-electron chi connectivity index (χ0n) is 17.6. The van der Waals surface area contributed by atoms with Crippen molar-refractivity contribution in [3.05, 3.63) is 77.7 Å². The van der Waals surface area contributed by atoms with Gasteiger partial charge in [-0.3, -0.25) is 0 Å². The first kappa shape index (κ1) is 18.9. The van der Waals surface area contributed by atoms with Crippen LogP contribution >= 0.6 is 0 Å². The lowest BCUT2D eigenvalue weighted by molar-refractivity contribution is -0.659. The third-order valence-corrected chi connectivity index (χ3v) is 5.61. The molecule has 4 rings (SSSR count). The van der Waals surface area contributed by atoms with Gasteiger partial charge < -0.3 is 0 Å². The first-order chi connectivity index (χ1) is 13.9. The fraction of sp³-hybridized carbons (Fsp3) is 0.240. The van der Waals surface area contributed by atoms with E-state index in [1.807, 2.05) is 12.1 Å². The molecule has 0 bridgehead atoms. The van der Waals surface area contributed by atoms with E-state index in [1.54, 1.807) is 0 Å². The van der Waals surface area contributed by atoms with Crippen molar-refractivity contribution in [3.63, 3.8) is 0 Å². The van der Waals surface area contributed by atoms with Crippen molar-refractivity contribution < 1.29 is 9.13 Å². The summed E-state index contributed by atoms with van der Waals surface area (Å²) in [4.78, 5) is 0. The second-order valence-corrected chi connectivity index (χ2v) is 7.88. The minimum atomic E-state index is 0.326. The zero-order chi connectivity index (χ0) is 20.7. The molecule has 0 aliphatic rings. The Balaban J connectivity index is 2.10. The molecule has 0 fully saturated rings. The van der Waals surface area contributed by atoms with Crippen molar-refractivity contribution in [1.82, 2.24) is 4.57 Å². The number of benzene rings is 2. The molecule has 2 aromatic carbocycles. The Labute approximate surface area is 171 Å². The number of fused-ring (bicyclic) bond motifs is 1. The van der Waals surface area contributed by atoms with Crippen molar-refractivity contribution in [2.45, 2.75) is 33.7 Å². The maximum Gasteiger partial charge on any atom is 0.289 e. The van der Waals surface area contributed by atoms with E-state index in [0.29, 0.717) is 11.6 Å². The molecule has 4 heteroatoms. The number of pyridine rings is 1. The molecule has 0 aliphatic heterocycles. The lowest BCUT2D eigenvalue weighted by atomic mass is 10.0. The molecule has 0 saturated carbocycles. The van der Waals surface area contributed by atoms with Crippen LogP contribution in [-0.2, 0) is 7.05 Å². The predicted octanol–water partition coefficient (Wildman–Crippen LogP) is 4.48. The maximum atomic E-state index is 9.78. The number of aryl methyl sites for hydroxylation is 2. The number of aromatic nitrogens is 3. The fourth-order valence-corrected chi connectivity index (χ4v) is 4.10. The largest absolute Gasteiger partial charge is 0.289 e. The summed E-state index contributed by atoms with van der Waals surface area (Å²) in [7, 11) is 2.06. The monoisotopic (exact) mass is 382 g/mol. The summed E-state index contributed by atoms with van der Waals surface area (Å²) in [5.41, 5.74) is 6.23. The second kappa shape index (κ2) is 7.18. The highest BCUT2D eigenvalue weighted by molar-refractivity contribution is 5.76. The van der Waals surface area contributed by atoms with Crippen molar-refractivity contribution in [2.75, 3.05) is 0 Å². The van der Waals surface area contributed by atoms with Crippen LogP contribution in [0.3, 0.4) is 0 Å². The molecular weight excluding hydrogens is 356 g/mol. The van der Waals surface area contributed by atoms with E-state index in [0.717, 1.165) is 33.8 Å². The molecule has 0 spiro atoms. The first-order valence-corrected chi connectivity index (χ1v) is 9.94. The van der Waals surface area contributed by atoms with Gasteiger partial charge in [-0.2, -0.15) is 9.83 Å². The highest BCUT2D eigenvalue weighted by Gasteiger charge is 2.27. The highest BCUT2D eigenvalue weighted by Crippen LogP contribution is 2.28. The van der Waals surface area contributed by atoms with Gasteiger partial charge in [-0.15, -0.1) is 0 Å². The average molecular weight is 383 g/mol. The van der Waals surface area contributed by atoms with E-state index in [-0.39, 0.29) is 0 Å². The molecule has 144 valence electrons. The Morgan fingerprint density at radius 1 is 1.03 bits per heavy atom. The number of nitrogens with zero attached hydrogens (tertiary/aromatic N) is 4. The third-order valence-electron chi connectivity index (χ3n) is 5.61. The molecule has 0 radical (unpaired) electrons. The van der Waals surface area contributed by atoms with Crippen LogP contribution in [0.4, 0.5) is 0 Å². The Morgan fingerprint density at radius 2 is 1.79 bits per heavy atom. The summed E-state index contributed by atoms with van der Waals surface area (Å²) in [6.07, 6.45) is 4.18. The quantitative estimate of drug-likeness (QED) is 0.481. The number of rotatable bonds is 3. The summed E-state index contributed by atoms with van der Waals surface area (Å²) in [6, 6.07) is 19.4. The number of imidazole rings is 1. The molecule has 0 aliphatic carbocycles. The Bertz CT molecular complexity index is 1270. The van der Waals surface area contributed by atoms with E-state index in [2.05, 4.69) is 103 Å². The zero-order valence-corrected chi connectivity index (χ0v) is 17.6. The summed E-state index contributed by atoms with van der Waals surface area (Å²) in [5.74, 6) is 1.11. The molecular formula is C25H26N4+2. The van der Waals surface area contributed by atoms with Crippen LogP contribution in [-0.4, -0.2) is 4.57 Å². The van der Waals surface area contributed by atoms with Gasteiger partial charge in [0, 0.05) is 36.1 Å². The Kier molecular flexibility index (Phi) is 4.68. The molecule has 2 aromatic heterocycles. The van der Waals surface area contributed by atoms with E-state index in [4.69, 9.17) is 0 Å². The first-order valence-electron chi connectivity index (χ1n) is 9.94. The fourth-order valence-electron chi connectivity index (χ4n) is 4.10. The minimum Gasteiger partial charge on any atom is -0.233 e. The van der Waals surface area contributed by atoms with E-state index in [1.165, 1.54) is 5.39 Å². The molecule has 0 N–H and O–H groups in total. The van der Waals surface area contributed by atoms with Crippen molar-refractivity contribution in [2.24, 2.45) is 7.05 Å². The van der Waals surface area contributed by atoms with Crippen LogP contribution in [0.25, 0.3) is 28.0 Å². The van der Waals surface area contributed by atoms with Gasteiger partial charge in [0.25, 0.3) is 5.82 Å². The number of nitriles is 1. The van der Waals surface area contributed by atoms with Gasteiger partial charge in [-0.1, -0.05) is 12.1 Å². The molecule has 0 amide bonds. The van der Waals surface area contributed by atoms with Gasteiger partial charge in [0.2, 0.25) is 11.2 Å². The van der Waals surface area contributed by atoms with E-state index in [9.17, 15) is 5.26 Å². The molecule has 4 aromatic rings. The SMILES string of the molecule is Cc1c(-c2n(C(C)C)cc[n+]2C)cc(C#N)cc1-[n+]1c(C)ccc2ccccc21.